The van der Waals surface area contributed by atoms with E-state index in [1.54, 1.807) is 26.4 Å². The van der Waals surface area contributed by atoms with E-state index in [-0.39, 0.29) is 5.91 Å². The van der Waals surface area contributed by atoms with Gasteiger partial charge in [0.05, 0.1) is 20.6 Å². The SMILES string of the molecule is COc1ccc(NC(=O)Cc2ccc3c(c2)CCC3)cc1OC. The Labute approximate surface area is 136 Å². The summed E-state index contributed by atoms with van der Waals surface area (Å²) in [7, 11) is 3.16. The van der Waals surface area contributed by atoms with Crippen LogP contribution in [0.2, 0.25) is 0 Å². The quantitative estimate of drug-likeness (QED) is 0.921. The molecule has 0 aliphatic heterocycles. The maximum absolute atomic E-state index is 12.3. The first-order chi connectivity index (χ1) is 11.2. The third-order valence-electron chi connectivity index (χ3n) is 4.19. The fraction of sp³-hybridized carbons (Fsp3) is 0.316. The summed E-state index contributed by atoms with van der Waals surface area (Å²) in [4.78, 5) is 12.3. The summed E-state index contributed by atoms with van der Waals surface area (Å²) < 4.78 is 10.4. The number of carbonyl (C=O) groups excluding carboxylic acids is 1. The van der Waals surface area contributed by atoms with Crippen molar-refractivity contribution in [1.82, 2.24) is 0 Å². The molecule has 0 spiro atoms. The van der Waals surface area contributed by atoms with Crippen LogP contribution in [-0.4, -0.2) is 20.1 Å². The number of aryl methyl sites for hydroxylation is 2. The molecular weight excluding hydrogens is 290 g/mol. The highest BCUT2D eigenvalue weighted by Gasteiger charge is 2.13. The summed E-state index contributed by atoms with van der Waals surface area (Å²) >= 11 is 0. The highest BCUT2D eigenvalue weighted by atomic mass is 16.5. The molecule has 120 valence electrons. The van der Waals surface area contributed by atoms with Gasteiger partial charge in [-0.15, -0.1) is 0 Å². The fourth-order valence-electron chi connectivity index (χ4n) is 3.04. The van der Waals surface area contributed by atoms with E-state index >= 15 is 0 Å². The van der Waals surface area contributed by atoms with Crippen LogP contribution in [0.15, 0.2) is 36.4 Å². The van der Waals surface area contributed by atoms with E-state index < -0.39 is 0 Å². The molecule has 0 unspecified atom stereocenters. The average Bonchev–Trinajstić information content (AvgIpc) is 3.02. The van der Waals surface area contributed by atoms with Crippen molar-refractivity contribution in [3.8, 4) is 11.5 Å². The lowest BCUT2D eigenvalue weighted by atomic mass is 10.0. The predicted molar refractivity (Wildman–Crippen MR) is 90.3 cm³/mol. The topological polar surface area (TPSA) is 47.6 Å². The molecule has 0 radical (unpaired) electrons. The minimum atomic E-state index is -0.0323. The molecule has 4 nitrogen and oxygen atoms in total. The van der Waals surface area contributed by atoms with Gasteiger partial charge in [0.2, 0.25) is 5.91 Å². The van der Waals surface area contributed by atoms with Crippen LogP contribution in [0.25, 0.3) is 0 Å². The Balaban J connectivity index is 1.67. The normalized spacial score (nSPS) is 12.6. The zero-order valence-corrected chi connectivity index (χ0v) is 13.5. The second-order valence-electron chi connectivity index (χ2n) is 5.75. The standard InChI is InChI=1S/C19H21NO3/c1-22-17-9-8-16(12-18(17)23-2)20-19(21)11-13-6-7-14-4-3-5-15(14)10-13/h6-10,12H,3-5,11H2,1-2H3,(H,20,21). The molecule has 0 saturated carbocycles. The minimum absolute atomic E-state index is 0.0323. The Hall–Kier alpha value is -2.49. The van der Waals surface area contributed by atoms with Gasteiger partial charge in [-0.05, 0) is 48.1 Å². The van der Waals surface area contributed by atoms with Crippen LogP contribution in [0.3, 0.4) is 0 Å². The zero-order valence-electron chi connectivity index (χ0n) is 13.5. The van der Waals surface area contributed by atoms with Crippen molar-refractivity contribution < 1.29 is 14.3 Å². The number of anilines is 1. The zero-order chi connectivity index (χ0) is 16.2. The first kappa shape index (κ1) is 15.4. The number of amides is 1. The molecule has 0 bridgehead atoms. The molecule has 2 aromatic rings. The lowest BCUT2D eigenvalue weighted by molar-refractivity contribution is -0.115. The van der Waals surface area contributed by atoms with Crippen LogP contribution in [-0.2, 0) is 24.1 Å². The van der Waals surface area contributed by atoms with Gasteiger partial charge in [0.1, 0.15) is 0 Å². The van der Waals surface area contributed by atoms with E-state index in [4.69, 9.17) is 9.47 Å². The molecular formula is C19H21NO3. The molecule has 4 heteroatoms. The van der Waals surface area contributed by atoms with E-state index in [0.717, 1.165) is 18.4 Å². The highest BCUT2D eigenvalue weighted by molar-refractivity contribution is 5.92. The number of ether oxygens (including phenoxy) is 2. The molecule has 23 heavy (non-hydrogen) atoms. The summed E-state index contributed by atoms with van der Waals surface area (Å²) in [6, 6.07) is 11.7. The van der Waals surface area contributed by atoms with Gasteiger partial charge in [-0.3, -0.25) is 4.79 Å². The number of nitrogens with one attached hydrogen (secondary N) is 1. The van der Waals surface area contributed by atoms with E-state index in [9.17, 15) is 4.79 Å². The van der Waals surface area contributed by atoms with Gasteiger partial charge in [-0.2, -0.15) is 0 Å². The lowest BCUT2D eigenvalue weighted by Crippen LogP contribution is -2.14. The summed E-state index contributed by atoms with van der Waals surface area (Å²) in [6.07, 6.45) is 3.88. The Kier molecular flexibility index (Phi) is 4.51. The predicted octanol–water partition coefficient (Wildman–Crippen LogP) is 3.37. The van der Waals surface area contributed by atoms with Crippen molar-refractivity contribution in [1.29, 1.82) is 0 Å². The number of hydrogen-bond donors (Lipinski definition) is 1. The summed E-state index contributed by atoms with van der Waals surface area (Å²) in [6.45, 7) is 0. The molecule has 2 aromatic carbocycles. The second-order valence-corrected chi connectivity index (χ2v) is 5.75. The van der Waals surface area contributed by atoms with E-state index in [1.165, 1.54) is 17.5 Å². The molecule has 3 rings (SSSR count). The first-order valence-electron chi connectivity index (χ1n) is 7.82. The first-order valence-corrected chi connectivity index (χ1v) is 7.82. The van der Waals surface area contributed by atoms with Crippen LogP contribution in [0.4, 0.5) is 5.69 Å². The van der Waals surface area contributed by atoms with Crippen molar-refractivity contribution in [2.24, 2.45) is 0 Å². The number of fused-ring (bicyclic) bond motifs is 1. The molecule has 1 aliphatic carbocycles. The Morgan fingerprint density at radius 1 is 1.00 bits per heavy atom. The van der Waals surface area contributed by atoms with E-state index in [0.29, 0.717) is 23.6 Å². The molecule has 1 aliphatic rings. The number of carbonyl (C=O) groups is 1. The van der Waals surface area contributed by atoms with Crippen LogP contribution < -0.4 is 14.8 Å². The monoisotopic (exact) mass is 311 g/mol. The summed E-state index contributed by atoms with van der Waals surface area (Å²) in [5, 5.41) is 2.91. The maximum atomic E-state index is 12.3. The molecule has 0 heterocycles. The van der Waals surface area contributed by atoms with E-state index in [2.05, 4.69) is 23.5 Å². The van der Waals surface area contributed by atoms with Crippen molar-refractivity contribution >= 4 is 11.6 Å². The Morgan fingerprint density at radius 3 is 2.57 bits per heavy atom. The summed E-state index contributed by atoms with van der Waals surface area (Å²) in [5.41, 5.74) is 4.58. The van der Waals surface area contributed by atoms with Gasteiger partial charge in [-0.25, -0.2) is 0 Å². The van der Waals surface area contributed by atoms with Crippen LogP contribution in [0.1, 0.15) is 23.1 Å². The van der Waals surface area contributed by atoms with Gasteiger partial charge < -0.3 is 14.8 Å². The number of benzene rings is 2. The van der Waals surface area contributed by atoms with Gasteiger partial charge >= 0.3 is 0 Å². The smallest absolute Gasteiger partial charge is 0.228 e. The summed E-state index contributed by atoms with van der Waals surface area (Å²) in [5.74, 6) is 1.21. The minimum Gasteiger partial charge on any atom is -0.493 e. The number of rotatable bonds is 5. The second kappa shape index (κ2) is 6.73. The third-order valence-corrected chi connectivity index (χ3v) is 4.19. The van der Waals surface area contributed by atoms with Crippen molar-refractivity contribution in [2.75, 3.05) is 19.5 Å². The van der Waals surface area contributed by atoms with Crippen LogP contribution >= 0.6 is 0 Å². The number of hydrogen-bond acceptors (Lipinski definition) is 3. The molecule has 0 saturated heterocycles. The molecule has 1 amide bonds. The Bertz CT molecular complexity index is 725. The number of methoxy groups -OCH3 is 2. The maximum Gasteiger partial charge on any atom is 0.228 e. The van der Waals surface area contributed by atoms with E-state index in [1.807, 2.05) is 6.07 Å². The van der Waals surface area contributed by atoms with Gasteiger partial charge in [0.15, 0.2) is 11.5 Å². The highest BCUT2D eigenvalue weighted by Crippen LogP contribution is 2.30. The largest absolute Gasteiger partial charge is 0.493 e. The van der Waals surface area contributed by atoms with Crippen LogP contribution in [0, 0.1) is 0 Å². The molecule has 0 atom stereocenters. The molecule has 1 N–H and O–H groups in total. The van der Waals surface area contributed by atoms with Crippen LogP contribution in [0.5, 0.6) is 11.5 Å². The average molecular weight is 311 g/mol. The fourth-order valence-corrected chi connectivity index (χ4v) is 3.04. The van der Waals surface area contributed by atoms with Crippen molar-refractivity contribution in [2.45, 2.75) is 25.7 Å². The molecule has 0 aromatic heterocycles. The molecule has 0 fully saturated rings. The van der Waals surface area contributed by atoms with Gasteiger partial charge in [0, 0.05) is 11.8 Å². The van der Waals surface area contributed by atoms with Gasteiger partial charge in [-0.1, -0.05) is 18.2 Å². The Morgan fingerprint density at radius 2 is 1.78 bits per heavy atom. The van der Waals surface area contributed by atoms with Gasteiger partial charge in [0.25, 0.3) is 0 Å². The van der Waals surface area contributed by atoms with Crippen molar-refractivity contribution in [3.63, 3.8) is 0 Å². The third kappa shape index (κ3) is 3.47. The van der Waals surface area contributed by atoms with Crippen molar-refractivity contribution in [3.05, 3.63) is 53.1 Å². The lowest BCUT2D eigenvalue weighted by Gasteiger charge is -2.11.